The van der Waals surface area contributed by atoms with E-state index in [-0.39, 0.29) is 18.9 Å². The van der Waals surface area contributed by atoms with Crippen molar-refractivity contribution in [2.45, 2.75) is 115 Å². The molecule has 0 aromatic carbocycles. The van der Waals surface area contributed by atoms with Crippen LogP contribution in [0.25, 0.3) is 0 Å². The van der Waals surface area contributed by atoms with Crippen LogP contribution in [0.1, 0.15) is 88.5 Å². The minimum Gasteiger partial charge on any atom is -0.504 e. The Balaban J connectivity index is 0.00000529. The molecule has 0 spiro atoms. The average Bonchev–Trinajstić information content (AvgIpc) is 2.21. The van der Waals surface area contributed by atoms with Crippen LogP contribution in [0.4, 0.5) is 0 Å². The van der Waals surface area contributed by atoms with E-state index < -0.39 is 13.3 Å². The van der Waals surface area contributed by atoms with E-state index in [9.17, 15) is 0 Å². The molecule has 24 heavy (non-hydrogen) atoms. The molecule has 0 unspecified atom stereocenters. The van der Waals surface area contributed by atoms with Crippen LogP contribution in [0, 0.1) is 17.8 Å². The maximum Gasteiger partial charge on any atom is 1.00 e. The molecule has 1 aliphatic rings. The quantitative estimate of drug-likeness (QED) is 0.632. The topological polar surface area (TPSA) is 3.24 Å². The van der Waals surface area contributed by atoms with E-state index in [0.717, 1.165) is 17.8 Å². The molecule has 0 aliphatic carbocycles. The molecule has 3 heteroatoms. The van der Waals surface area contributed by atoms with E-state index >= 15 is 0 Å². The summed E-state index contributed by atoms with van der Waals surface area (Å²) in [5, 5.41) is 4.49. The second-order valence-electron chi connectivity index (χ2n) is 11.2. The van der Waals surface area contributed by atoms with E-state index in [1.807, 2.05) is 0 Å². The van der Waals surface area contributed by atoms with Crippen LogP contribution in [-0.2, 0) is 0 Å². The van der Waals surface area contributed by atoms with Crippen molar-refractivity contribution in [3.8, 4) is 0 Å². The van der Waals surface area contributed by atoms with Crippen molar-refractivity contribution in [2.75, 3.05) is 0 Å². The van der Waals surface area contributed by atoms with Gasteiger partial charge in [0.15, 0.2) is 0 Å². The predicted molar refractivity (Wildman–Crippen MR) is 109 cm³/mol. The molecule has 0 aromatic rings. The molecule has 0 amide bonds. The molecule has 0 atom stereocenters. The van der Waals surface area contributed by atoms with Gasteiger partial charge in [-0.05, 0) is 23.9 Å². The molecule has 1 aliphatic heterocycles. The van der Waals surface area contributed by atoms with E-state index in [1.54, 1.807) is 0 Å². The molecule has 0 aromatic heterocycles. The Morgan fingerprint density at radius 3 is 1.25 bits per heavy atom. The summed E-state index contributed by atoms with van der Waals surface area (Å²) >= 11 is -1.89. The summed E-state index contributed by atoms with van der Waals surface area (Å²) in [6.07, 6.45) is 4.16. The van der Waals surface area contributed by atoms with Gasteiger partial charge in [-0.3, -0.25) is 0 Å². The Kier molecular flexibility index (Phi) is 9.76. The molecule has 1 saturated heterocycles. The number of hydrogen-bond acceptors (Lipinski definition) is 1. The van der Waals surface area contributed by atoms with Crippen molar-refractivity contribution in [3.05, 3.63) is 0 Å². The SMILES string of the molecule is CC(C)[CH2][Al-]([CH2]C(C)C)([CH2]C(C)C)[N]1C(C)(C)CCCC1(C)C.[Li+]. The van der Waals surface area contributed by atoms with E-state index in [4.69, 9.17) is 0 Å². The van der Waals surface area contributed by atoms with Gasteiger partial charge in [-0.1, -0.05) is 93.4 Å². The zero-order chi connectivity index (χ0) is 18.1. The Hall–Kier alpha value is 1.09. The molecule has 0 N–H and O–H groups in total. The molecule has 0 saturated carbocycles. The minimum atomic E-state index is -1.89. The first-order valence-electron chi connectivity index (χ1n) is 10.3. The van der Waals surface area contributed by atoms with Crippen molar-refractivity contribution in [3.63, 3.8) is 0 Å². The largest absolute Gasteiger partial charge is 1.00 e. The minimum absolute atomic E-state index is 0. The fraction of sp³-hybridized carbons (Fsp3) is 1.00. The summed E-state index contributed by atoms with van der Waals surface area (Å²) in [5.74, 6) is 2.48. The van der Waals surface area contributed by atoms with Crippen molar-refractivity contribution < 1.29 is 18.9 Å². The van der Waals surface area contributed by atoms with Gasteiger partial charge in [-0.2, -0.15) is 15.8 Å². The molecular weight excluding hydrogens is 300 g/mol. The third-order valence-electron chi connectivity index (χ3n) is 6.16. The Bertz CT molecular complexity index is 332. The summed E-state index contributed by atoms with van der Waals surface area (Å²) in [5.41, 5.74) is 0.760. The first-order valence-corrected chi connectivity index (χ1v) is 13.3. The van der Waals surface area contributed by atoms with Crippen molar-refractivity contribution in [1.82, 2.24) is 3.88 Å². The van der Waals surface area contributed by atoms with Gasteiger partial charge < -0.3 is 3.88 Å². The maximum atomic E-state index is 3.16. The van der Waals surface area contributed by atoms with Gasteiger partial charge in [0, 0.05) is 0 Å². The number of piperidine rings is 1. The van der Waals surface area contributed by atoms with Gasteiger partial charge >= 0.3 is 18.9 Å². The van der Waals surface area contributed by atoms with Crippen LogP contribution in [0.3, 0.4) is 0 Å². The summed E-state index contributed by atoms with van der Waals surface area (Å²) < 4.78 is 3.16. The van der Waals surface area contributed by atoms with Crippen LogP contribution < -0.4 is 18.9 Å². The average molecular weight is 346 g/mol. The fourth-order valence-corrected chi connectivity index (χ4v) is 16.4. The Morgan fingerprint density at radius 1 is 0.708 bits per heavy atom. The first-order chi connectivity index (χ1) is 10.3. The number of nitrogens with zero attached hydrogens (tertiary/aromatic N) is 1. The molecule has 1 heterocycles. The standard InChI is InChI=1S/C9H18N.3C4H9.Al.Li/c1-8(2)6-5-7-9(3,4)10-8;3*1-4(2)3;;/h5-7H2,1-4H3;3*4H,1H2,2-3H3;;/q-1;;;;;+1. The Morgan fingerprint density at radius 2 is 1.00 bits per heavy atom. The van der Waals surface area contributed by atoms with Gasteiger partial charge in [-0.25, -0.2) is 0 Å². The Labute approximate surface area is 168 Å². The van der Waals surface area contributed by atoms with Crippen LogP contribution in [0.5, 0.6) is 0 Å². The van der Waals surface area contributed by atoms with E-state index in [0.29, 0.717) is 11.1 Å². The van der Waals surface area contributed by atoms with Crippen LogP contribution >= 0.6 is 0 Å². The monoisotopic (exact) mass is 345 g/mol. The third-order valence-corrected chi connectivity index (χ3v) is 14.1. The van der Waals surface area contributed by atoms with Crippen LogP contribution in [-0.4, -0.2) is 28.3 Å². The summed E-state index contributed by atoms with van der Waals surface area (Å²) in [6, 6.07) is 0. The normalized spacial score (nSPS) is 21.4. The summed E-state index contributed by atoms with van der Waals surface area (Å²) in [7, 11) is 0. The van der Waals surface area contributed by atoms with Gasteiger partial charge in [0.2, 0.25) is 13.3 Å². The molecule has 0 bridgehead atoms. The van der Waals surface area contributed by atoms with Crippen LogP contribution in [0.15, 0.2) is 0 Å². The fourth-order valence-electron chi connectivity index (χ4n) is 6.73. The van der Waals surface area contributed by atoms with Crippen molar-refractivity contribution in [2.24, 2.45) is 17.8 Å². The van der Waals surface area contributed by atoms with Gasteiger partial charge in [-0.15, -0.1) is 0 Å². The van der Waals surface area contributed by atoms with Crippen molar-refractivity contribution in [1.29, 1.82) is 0 Å². The van der Waals surface area contributed by atoms with Crippen molar-refractivity contribution >= 4 is 13.3 Å². The van der Waals surface area contributed by atoms with E-state index in [1.165, 1.54) is 35.1 Å². The molecule has 1 rings (SSSR count). The summed E-state index contributed by atoms with van der Waals surface area (Å²) in [4.78, 5) is 0. The predicted octanol–water partition coefficient (Wildman–Crippen LogP) is 3.95. The number of rotatable bonds is 7. The molecule has 1 fully saturated rings. The van der Waals surface area contributed by atoms with Gasteiger partial charge in [0.25, 0.3) is 0 Å². The second kappa shape index (κ2) is 9.34. The first kappa shape index (κ1) is 25.1. The second-order valence-corrected chi connectivity index (χ2v) is 15.9. The smallest absolute Gasteiger partial charge is 0.504 e. The summed E-state index contributed by atoms with van der Waals surface area (Å²) in [6.45, 7) is 24.9. The zero-order valence-electron chi connectivity index (χ0n) is 19.0. The van der Waals surface area contributed by atoms with Gasteiger partial charge in [0.05, 0.1) is 0 Å². The number of hydrogen-bond donors (Lipinski definition) is 0. The molecule has 138 valence electrons. The molecule has 0 radical (unpaired) electrons. The molecule has 1 nitrogen and oxygen atoms in total. The van der Waals surface area contributed by atoms with Crippen LogP contribution in [0.2, 0.25) is 15.8 Å². The van der Waals surface area contributed by atoms with E-state index in [2.05, 4.69) is 73.1 Å². The maximum absolute atomic E-state index is 3.16. The molecular formula is C21H45AlLiN. The van der Waals surface area contributed by atoms with Gasteiger partial charge in [0.1, 0.15) is 0 Å². The zero-order valence-corrected chi connectivity index (χ0v) is 20.2. The third kappa shape index (κ3) is 6.36.